The molecule has 1 aromatic carbocycles. The quantitative estimate of drug-likeness (QED) is 0.599. The van der Waals surface area contributed by atoms with Crippen molar-refractivity contribution in [3.8, 4) is 5.75 Å². The van der Waals surface area contributed by atoms with E-state index in [0.29, 0.717) is 0 Å². The molecule has 0 saturated heterocycles. The smallest absolute Gasteiger partial charge is 0.126 e. The summed E-state index contributed by atoms with van der Waals surface area (Å²) < 4.78 is 5.31. The minimum atomic E-state index is 0.111. The zero-order valence-electron chi connectivity index (χ0n) is 9.39. The van der Waals surface area contributed by atoms with Gasteiger partial charge >= 0.3 is 0 Å². The van der Waals surface area contributed by atoms with E-state index in [9.17, 15) is 5.11 Å². The van der Waals surface area contributed by atoms with Crippen LogP contribution in [0.5, 0.6) is 5.75 Å². The maximum atomic E-state index is 9.23. The van der Waals surface area contributed by atoms with Crippen LogP contribution in [-0.4, -0.2) is 5.11 Å². The molecule has 0 spiro atoms. The molecular weight excluding hydrogens is 200 g/mol. The minimum Gasteiger partial charge on any atom is -0.508 e. The molecule has 0 amide bonds. The Hall–Kier alpha value is -1.96. The Morgan fingerprint density at radius 2 is 2.06 bits per heavy atom. The lowest BCUT2D eigenvalue weighted by atomic mass is 10.2. The zero-order chi connectivity index (χ0) is 11.8. The van der Waals surface area contributed by atoms with Crippen LogP contribution in [0.25, 0.3) is 0 Å². The highest BCUT2D eigenvalue weighted by atomic mass is 16.5. The van der Waals surface area contributed by atoms with Gasteiger partial charge in [-0.15, -0.1) is 0 Å². The predicted octanol–water partition coefficient (Wildman–Crippen LogP) is 3.77. The van der Waals surface area contributed by atoms with Gasteiger partial charge in [0.25, 0.3) is 0 Å². The number of aliphatic hydroxyl groups excluding tert-OH is 1. The van der Waals surface area contributed by atoms with Crippen LogP contribution in [0.2, 0.25) is 0 Å². The van der Waals surface area contributed by atoms with Crippen molar-refractivity contribution in [1.29, 1.82) is 0 Å². The highest BCUT2D eigenvalue weighted by molar-refractivity contribution is 5.28. The molecule has 84 valence electrons. The van der Waals surface area contributed by atoms with Crippen LogP contribution in [0.4, 0.5) is 0 Å². The van der Waals surface area contributed by atoms with Gasteiger partial charge in [-0.25, -0.2) is 0 Å². The van der Waals surface area contributed by atoms with Gasteiger partial charge in [-0.1, -0.05) is 31.7 Å². The maximum Gasteiger partial charge on any atom is 0.126 e. The van der Waals surface area contributed by atoms with E-state index in [-0.39, 0.29) is 5.76 Å². The van der Waals surface area contributed by atoms with Gasteiger partial charge in [-0.2, -0.15) is 0 Å². The fraction of sp³-hybridized carbons (Fsp3) is 0.143. The van der Waals surface area contributed by atoms with Crippen LogP contribution in [0.1, 0.15) is 12.5 Å². The summed E-state index contributed by atoms with van der Waals surface area (Å²) in [5.41, 5.74) is 1.27. The molecular formula is C14H16O2. The molecule has 0 unspecified atom stereocenters. The van der Waals surface area contributed by atoms with E-state index < -0.39 is 0 Å². The highest BCUT2D eigenvalue weighted by Gasteiger charge is 1.91. The molecule has 2 heteroatoms. The van der Waals surface area contributed by atoms with E-state index in [1.54, 1.807) is 0 Å². The second-order valence-corrected chi connectivity index (χ2v) is 3.25. The molecule has 0 aromatic heterocycles. The first kappa shape index (κ1) is 12.1. The lowest BCUT2D eigenvalue weighted by molar-refractivity contribution is 0.423. The predicted molar refractivity (Wildman–Crippen MR) is 66.5 cm³/mol. The van der Waals surface area contributed by atoms with E-state index >= 15 is 0 Å². The lowest BCUT2D eigenvalue weighted by Gasteiger charge is -2.01. The van der Waals surface area contributed by atoms with Crippen molar-refractivity contribution < 1.29 is 9.84 Å². The van der Waals surface area contributed by atoms with E-state index in [2.05, 4.69) is 13.5 Å². The number of benzene rings is 1. The van der Waals surface area contributed by atoms with Gasteiger partial charge in [0.15, 0.2) is 0 Å². The SMILES string of the molecule is C=C/C=C(O)\C=C/Oc1ccc(CC)cc1. The van der Waals surface area contributed by atoms with Crippen LogP contribution < -0.4 is 4.74 Å². The molecule has 0 saturated carbocycles. The summed E-state index contributed by atoms with van der Waals surface area (Å²) in [6.07, 6.45) is 6.92. The molecule has 1 rings (SSSR count). The second kappa shape index (κ2) is 6.51. The number of hydrogen-bond acceptors (Lipinski definition) is 2. The topological polar surface area (TPSA) is 29.5 Å². The highest BCUT2D eigenvalue weighted by Crippen LogP contribution is 2.12. The summed E-state index contributed by atoms with van der Waals surface area (Å²) in [4.78, 5) is 0. The van der Waals surface area contributed by atoms with Gasteiger partial charge in [0.05, 0.1) is 6.26 Å². The first-order valence-corrected chi connectivity index (χ1v) is 5.20. The van der Waals surface area contributed by atoms with Crippen LogP contribution >= 0.6 is 0 Å². The largest absolute Gasteiger partial charge is 0.508 e. The fourth-order valence-corrected chi connectivity index (χ4v) is 1.16. The van der Waals surface area contributed by atoms with Gasteiger partial charge in [0.1, 0.15) is 11.5 Å². The van der Waals surface area contributed by atoms with Crippen molar-refractivity contribution in [3.63, 3.8) is 0 Å². The Balaban J connectivity index is 2.54. The van der Waals surface area contributed by atoms with Crippen molar-refractivity contribution in [3.05, 3.63) is 66.7 Å². The van der Waals surface area contributed by atoms with Crippen LogP contribution in [-0.2, 0) is 6.42 Å². The van der Waals surface area contributed by atoms with Crippen molar-refractivity contribution in [1.82, 2.24) is 0 Å². The van der Waals surface area contributed by atoms with Gasteiger partial charge in [0, 0.05) is 6.08 Å². The summed E-state index contributed by atoms with van der Waals surface area (Å²) >= 11 is 0. The summed E-state index contributed by atoms with van der Waals surface area (Å²) in [5.74, 6) is 0.861. The normalized spacial score (nSPS) is 11.7. The molecule has 16 heavy (non-hydrogen) atoms. The first-order chi connectivity index (χ1) is 7.76. The van der Waals surface area contributed by atoms with Crippen molar-refractivity contribution in [2.75, 3.05) is 0 Å². The Morgan fingerprint density at radius 3 is 2.62 bits per heavy atom. The number of aliphatic hydroxyl groups is 1. The second-order valence-electron chi connectivity index (χ2n) is 3.25. The number of aryl methyl sites for hydroxylation is 1. The lowest BCUT2D eigenvalue weighted by Crippen LogP contribution is -1.84. The molecule has 0 fully saturated rings. The van der Waals surface area contributed by atoms with Gasteiger partial charge < -0.3 is 9.84 Å². The Kier molecular flexibility index (Phi) is 4.93. The average molecular weight is 216 g/mol. The van der Waals surface area contributed by atoms with Crippen molar-refractivity contribution in [2.45, 2.75) is 13.3 Å². The van der Waals surface area contributed by atoms with Gasteiger partial charge in [0.2, 0.25) is 0 Å². The Morgan fingerprint density at radius 1 is 1.38 bits per heavy atom. The van der Waals surface area contributed by atoms with Crippen molar-refractivity contribution in [2.24, 2.45) is 0 Å². The first-order valence-electron chi connectivity index (χ1n) is 5.20. The summed E-state index contributed by atoms with van der Waals surface area (Å²) in [6, 6.07) is 7.83. The molecule has 2 nitrogen and oxygen atoms in total. The average Bonchev–Trinajstić information content (AvgIpc) is 2.30. The molecule has 0 aliphatic rings. The molecule has 0 aliphatic heterocycles. The Bertz CT molecular complexity index is 386. The standard InChI is InChI=1S/C14H16O2/c1-3-5-13(15)10-11-16-14-8-6-12(4-2)7-9-14/h3,5-11,15H,1,4H2,2H3/b11-10-,13-5+. The third-order valence-electron chi connectivity index (χ3n) is 2.06. The monoisotopic (exact) mass is 216 g/mol. The summed E-state index contributed by atoms with van der Waals surface area (Å²) in [7, 11) is 0. The fourth-order valence-electron chi connectivity index (χ4n) is 1.16. The molecule has 0 radical (unpaired) electrons. The van der Waals surface area contributed by atoms with Crippen molar-refractivity contribution >= 4 is 0 Å². The van der Waals surface area contributed by atoms with Gasteiger partial charge in [-0.3, -0.25) is 0 Å². The molecule has 0 bridgehead atoms. The third kappa shape index (κ3) is 4.05. The summed E-state index contributed by atoms with van der Waals surface area (Å²) in [5, 5.41) is 9.23. The van der Waals surface area contributed by atoms with Crippen LogP contribution in [0.3, 0.4) is 0 Å². The third-order valence-corrected chi connectivity index (χ3v) is 2.06. The van der Waals surface area contributed by atoms with Crippen LogP contribution in [0.15, 0.2) is 61.1 Å². The molecule has 0 atom stereocenters. The van der Waals surface area contributed by atoms with Gasteiger partial charge in [-0.05, 0) is 30.2 Å². The van der Waals surface area contributed by atoms with E-state index in [0.717, 1.165) is 12.2 Å². The van der Waals surface area contributed by atoms with E-state index in [1.165, 1.54) is 30.1 Å². The maximum absolute atomic E-state index is 9.23. The number of allylic oxidation sites excluding steroid dienone is 3. The minimum absolute atomic E-state index is 0.111. The van der Waals surface area contributed by atoms with Crippen LogP contribution in [0, 0.1) is 0 Å². The van der Waals surface area contributed by atoms with E-state index in [4.69, 9.17) is 4.74 Å². The Labute approximate surface area is 96.2 Å². The summed E-state index contributed by atoms with van der Waals surface area (Å²) in [6.45, 7) is 5.58. The molecule has 1 N–H and O–H groups in total. The van der Waals surface area contributed by atoms with E-state index in [1.807, 2.05) is 24.3 Å². The molecule has 0 heterocycles. The zero-order valence-corrected chi connectivity index (χ0v) is 9.39. The molecule has 0 aliphatic carbocycles. The number of rotatable bonds is 5. The number of ether oxygens (including phenoxy) is 1. The molecule has 1 aromatic rings. The number of hydrogen-bond donors (Lipinski definition) is 1.